The number of hydrogen-bond acceptors (Lipinski definition) is 3. The normalized spacial score (nSPS) is 12.0. The van der Waals surface area contributed by atoms with Crippen LogP contribution in [0.3, 0.4) is 0 Å². The molecule has 0 aromatic heterocycles. The largest absolute Gasteiger partial charge is 0.460 e. The zero-order chi connectivity index (χ0) is 21.6. The summed E-state index contributed by atoms with van der Waals surface area (Å²) in [5, 5.41) is 2.54. The van der Waals surface area contributed by atoms with Crippen molar-refractivity contribution in [2.45, 2.75) is 32.8 Å². The molecule has 29 heavy (non-hydrogen) atoms. The van der Waals surface area contributed by atoms with E-state index in [2.05, 4.69) is 5.32 Å². The average molecular weight is 411 g/mol. The van der Waals surface area contributed by atoms with Crippen LogP contribution >= 0.6 is 0 Å². The Morgan fingerprint density at radius 2 is 1.41 bits per heavy atom. The zero-order valence-corrected chi connectivity index (χ0v) is 16.0. The van der Waals surface area contributed by atoms with Crippen LogP contribution < -0.4 is 5.32 Å². The van der Waals surface area contributed by atoms with Gasteiger partial charge in [0.2, 0.25) is 5.91 Å². The van der Waals surface area contributed by atoms with Crippen LogP contribution in [-0.2, 0) is 27.2 Å². The Hall–Kier alpha value is -2.90. The molecule has 0 aliphatic carbocycles. The van der Waals surface area contributed by atoms with Gasteiger partial charge < -0.3 is 10.1 Å². The van der Waals surface area contributed by atoms with E-state index in [1.807, 2.05) is 0 Å². The van der Waals surface area contributed by atoms with Crippen molar-refractivity contribution in [3.63, 3.8) is 0 Å². The Labute approximate surface area is 165 Å². The van der Waals surface area contributed by atoms with Crippen molar-refractivity contribution in [2.24, 2.45) is 5.92 Å². The average Bonchev–Trinajstić information content (AvgIpc) is 2.63. The van der Waals surface area contributed by atoms with Crippen molar-refractivity contribution in [3.05, 3.63) is 70.8 Å². The predicted octanol–water partition coefficient (Wildman–Crippen LogP) is 3.71. The smallest absolute Gasteiger partial charge is 0.310 e. The van der Waals surface area contributed by atoms with Gasteiger partial charge in [-0.25, -0.2) is 17.6 Å². The first-order chi connectivity index (χ1) is 13.7. The number of hydrogen-bond donors (Lipinski definition) is 1. The van der Waals surface area contributed by atoms with Gasteiger partial charge in [-0.05, 0) is 29.2 Å². The van der Waals surface area contributed by atoms with Crippen molar-refractivity contribution in [1.82, 2.24) is 5.32 Å². The van der Waals surface area contributed by atoms with Gasteiger partial charge in [0.05, 0.1) is 19.4 Å². The number of amides is 1. The van der Waals surface area contributed by atoms with Gasteiger partial charge in [-0.2, -0.15) is 0 Å². The summed E-state index contributed by atoms with van der Waals surface area (Å²) in [5.74, 6) is -4.59. The van der Waals surface area contributed by atoms with Crippen molar-refractivity contribution in [3.8, 4) is 0 Å². The molecule has 0 radical (unpaired) electrons. The molecule has 156 valence electrons. The van der Waals surface area contributed by atoms with Crippen LogP contribution in [0.2, 0.25) is 0 Å². The van der Waals surface area contributed by atoms with E-state index in [4.69, 9.17) is 4.74 Å². The molecule has 0 bridgehead atoms. The fraction of sp³-hybridized carbons (Fsp3) is 0.333. The molecule has 2 aromatic rings. The maximum Gasteiger partial charge on any atom is 0.310 e. The third-order valence-electron chi connectivity index (χ3n) is 4.24. The molecule has 8 heteroatoms. The molecular weight excluding hydrogens is 390 g/mol. The molecule has 0 aliphatic heterocycles. The third-order valence-corrected chi connectivity index (χ3v) is 4.24. The van der Waals surface area contributed by atoms with Gasteiger partial charge in [0.15, 0.2) is 0 Å². The Bertz CT molecular complexity index is 886. The first-order valence-corrected chi connectivity index (χ1v) is 8.99. The van der Waals surface area contributed by atoms with E-state index in [9.17, 15) is 27.2 Å². The lowest BCUT2D eigenvalue weighted by molar-refractivity contribution is -0.150. The van der Waals surface area contributed by atoms with Crippen LogP contribution in [0.1, 0.15) is 25.0 Å². The SMILES string of the molecule is CC(C)[C@H](CNC(=O)Cc1ccc(F)cc1F)OC(=O)Cc1ccc(F)cc1F. The van der Waals surface area contributed by atoms with Crippen LogP contribution in [-0.4, -0.2) is 24.5 Å². The first-order valence-electron chi connectivity index (χ1n) is 8.99. The van der Waals surface area contributed by atoms with E-state index in [0.29, 0.717) is 12.1 Å². The monoisotopic (exact) mass is 411 g/mol. The summed E-state index contributed by atoms with van der Waals surface area (Å²) < 4.78 is 58.5. The standard InChI is InChI=1S/C21H21F4NO3/c1-12(2)19(29-21(28)8-14-4-6-16(23)10-18(14)25)11-26-20(27)7-13-3-5-15(22)9-17(13)24/h3-6,9-10,12,19H,7-8,11H2,1-2H3,(H,26,27)/t19-/m0/s1. The zero-order valence-electron chi connectivity index (χ0n) is 16.0. The summed E-state index contributed by atoms with van der Waals surface area (Å²) in [7, 11) is 0. The number of rotatable bonds is 8. The minimum absolute atomic E-state index is 0.00488. The Balaban J connectivity index is 1.90. The molecular formula is C21H21F4NO3. The highest BCUT2D eigenvalue weighted by molar-refractivity contribution is 5.78. The number of halogens is 4. The van der Waals surface area contributed by atoms with Gasteiger partial charge in [0.1, 0.15) is 29.4 Å². The van der Waals surface area contributed by atoms with E-state index < -0.39 is 41.2 Å². The second kappa shape index (κ2) is 10.0. The molecule has 0 fully saturated rings. The molecule has 1 amide bonds. The lowest BCUT2D eigenvalue weighted by Gasteiger charge is -2.22. The van der Waals surface area contributed by atoms with Gasteiger partial charge >= 0.3 is 5.97 Å². The lowest BCUT2D eigenvalue weighted by atomic mass is 10.1. The number of esters is 1. The summed E-state index contributed by atoms with van der Waals surface area (Å²) in [4.78, 5) is 24.1. The highest BCUT2D eigenvalue weighted by Crippen LogP contribution is 2.14. The minimum atomic E-state index is -0.849. The molecule has 0 unspecified atom stereocenters. The summed E-state index contributed by atoms with van der Waals surface area (Å²) in [6.45, 7) is 3.50. The van der Waals surface area contributed by atoms with Crippen molar-refractivity contribution >= 4 is 11.9 Å². The predicted molar refractivity (Wildman–Crippen MR) is 97.9 cm³/mol. The summed E-state index contributed by atoms with van der Waals surface area (Å²) in [6.07, 6.45) is -1.39. The molecule has 2 aromatic carbocycles. The summed E-state index contributed by atoms with van der Waals surface area (Å²) in [5.41, 5.74) is 0.0310. The molecule has 2 rings (SSSR count). The van der Waals surface area contributed by atoms with E-state index in [1.165, 1.54) is 6.07 Å². The Kier molecular flexibility index (Phi) is 7.75. The first kappa shape index (κ1) is 22.4. The third kappa shape index (κ3) is 6.89. The van der Waals surface area contributed by atoms with Gasteiger partial charge in [-0.3, -0.25) is 9.59 Å². The second-order valence-corrected chi connectivity index (χ2v) is 6.90. The number of carbonyl (C=O) groups excluding carboxylic acids is 2. The highest BCUT2D eigenvalue weighted by atomic mass is 19.1. The fourth-order valence-electron chi connectivity index (χ4n) is 2.56. The van der Waals surface area contributed by atoms with Crippen LogP contribution in [0.5, 0.6) is 0 Å². The van der Waals surface area contributed by atoms with Gasteiger partial charge in [0.25, 0.3) is 0 Å². The Morgan fingerprint density at radius 3 is 1.90 bits per heavy atom. The van der Waals surface area contributed by atoms with Crippen LogP contribution in [0.15, 0.2) is 36.4 Å². The van der Waals surface area contributed by atoms with Gasteiger partial charge in [-0.15, -0.1) is 0 Å². The van der Waals surface area contributed by atoms with Crippen LogP contribution in [0.25, 0.3) is 0 Å². The summed E-state index contributed by atoms with van der Waals surface area (Å²) >= 11 is 0. The lowest BCUT2D eigenvalue weighted by Crippen LogP contribution is -2.38. The van der Waals surface area contributed by atoms with Crippen LogP contribution in [0, 0.1) is 29.2 Å². The quantitative estimate of drug-likeness (QED) is 0.532. The molecule has 4 nitrogen and oxygen atoms in total. The van der Waals surface area contributed by atoms with E-state index in [1.54, 1.807) is 13.8 Å². The number of benzene rings is 2. The van der Waals surface area contributed by atoms with Gasteiger partial charge in [-0.1, -0.05) is 26.0 Å². The second-order valence-electron chi connectivity index (χ2n) is 6.90. The molecule has 0 aliphatic rings. The van der Waals surface area contributed by atoms with E-state index in [-0.39, 0.29) is 36.4 Å². The number of carbonyl (C=O) groups is 2. The molecule has 0 saturated heterocycles. The molecule has 1 N–H and O–H groups in total. The maximum atomic E-state index is 13.7. The van der Waals surface area contributed by atoms with Crippen molar-refractivity contribution in [2.75, 3.05) is 6.54 Å². The number of ether oxygens (including phenoxy) is 1. The molecule has 0 spiro atoms. The topological polar surface area (TPSA) is 55.4 Å². The molecule has 0 saturated carbocycles. The van der Waals surface area contributed by atoms with E-state index in [0.717, 1.165) is 18.2 Å². The van der Waals surface area contributed by atoms with E-state index >= 15 is 0 Å². The summed E-state index contributed by atoms with van der Waals surface area (Å²) in [6, 6.07) is 5.81. The van der Waals surface area contributed by atoms with Gasteiger partial charge in [0, 0.05) is 12.1 Å². The molecule has 1 atom stereocenters. The Morgan fingerprint density at radius 1 is 0.897 bits per heavy atom. The molecule has 0 heterocycles. The minimum Gasteiger partial charge on any atom is -0.460 e. The highest BCUT2D eigenvalue weighted by Gasteiger charge is 2.21. The maximum absolute atomic E-state index is 13.7. The van der Waals surface area contributed by atoms with Crippen LogP contribution in [0.4, 0.5) is 17.6 Å². The number of nitrogens with one attached hydrogen (secondary N) is 1. The van der Waals surface area contributed by atoms with Crippen molar-refractivity contribution < 1.29 is 31.9 Å². The fourth-order valence-corrected chi connectivity index (χ4v) is 2.56. The van der Waals surface area contributed by atoms with Crippen molar-refractivity contribution in [1.29, 1.82) is 0 Å².